The summed E-state index contributed by atoms with van der Waals surface area (Å²) in [7, 11) is 0. The highest BCUT2D eigenvalue weighted by Crippen LogP contribution is 2.74. The van der Waals surface area contributed by atoms with Crippen LogP contribution in [0.4, 0.5) is 0 Å². The second kappa shape index (κ2) is 6.97. The maximum absolute atomic E-state index is 14.2. The minimum atomic E-state index is -0.645. The molecule has 7 atom stereocenters. The molecule has 0 aromatic rings. The van der Waals surface area contributed by atoms with Crippen LogP contribution in [-0.4, -0.2) is 11.6 Å². The molecular weight excluding hydrogens is 432 g/mol. The molecule has 0 heterocycles. The first-order valence-electron chi connectivity index (χ1n) is 13.5. The number of rotatable bonds is 0. The number of allylic oxidation sites excluding steroid dienone is 4. The number of hydrogen-bond acceptors (Lipinski definition) is 4. The van der Waals surface area contributed by atoms with E-state index in [1.165, 1.54) is 0 Å². The monoisotopic (exact) mass is 472 g/mol. The van der Waals surface area contributed by atoms with Gasteiger partial charge in [-0.15, -0.1) is 0 Å². The smallest absolute Gasteiger partial charge is 0.178 e. The zero-order valence-corrected chi connectivity index (χ0v) is 22.5. The molecule has 0 aromatic carbocycles. The van der Waals surface area contributed by atoms with Crippen molar-refractivity contribution in [3.63, 3.8) is 0 Å². The van der Waals surface area contributed by atoms with E-state index in [0.29, 0.717) is 0 Å². The molecule has 5 aliphatic rings. The van der Waals surface area contributed by atoms with E-state index in [1.54, 1.807) is 0 Å². The molecular formula is C31H40N2O2. The molecule has 0 spiro atoms. The van der Waals surface area contributed by atoms with Crippen molar-refractivity contribution in [2.24, 2.45) is 50.2 Å². The summed E-state index contributed by atoms with van der Waals surface area (Å²) in [5, 5.41) is 20.2. The molecule has 3 fully saturated rings. The first kappa shape index (κ1) is 24.5. The quantitative estimate of drug-likeness (QED) is 0.391. The first-order valence-corrected chi connectivity index (χ1v) is 13.5. The summed E-state index contributed by atoms with van der Waals surface area (Å²) in [5.41, 5.74) is -0.512. The van der Waals surface area contributed by atoms with Gasteiger partial charge in [-0.05, 0) is 79.1 Å². The van der Waals surface area contributed by atoms with E-state index in [4.69, 9.17) is 0 Å². The highest BCUT2D eigenvalue weighted by atomic mass is 16.1. The Labute approximate surface area is 210 Å². The van der Waals surface area contributed by atoms with Gasteiger partial charge in [-0.3, -0.25) is 9.59 Å². The number of carbonyl (C=O) groups is 2. The number of Topliss-reactive ketones (excluding diaryl/α,β-unsaturated/α-hetero) is 1. The average Bonchev–Trinajstić information content (AvgIpc) is 2.77. The number of fused-ring (bicyclic) bond motifs is 7. The Morgan fingerprint density at radius 1 is 0.914 bits per heavy atom. The third-order valence-corrected chi connectivity index (χ3v) is 12.1. The zero-order valence-electron chi connectivity index (χ0n) is 22.5. The summed E-state index contributed by atoms with van der Waals surface area (Å²) in [6, 6.07) is 4.91. The van der Waals surface area contributed by atoms with Crippen LogP contribution in [-0.2, 0) is 9.59 Å². The van der Waals surface area contributed by atoms with Crippen molar-refractivity contribution in [3.8, 4) is 12.1 Å². The number of nitriles is 2. The summed E-state index contributed by atoms with van der Waals surface area (Å²) in [6.07, 6.45) is 10.2. The van der Waals surface area contributed by atoms with Crippen molar-refractivity contribution >= 4 is 11.6 Å². The molecule has 3 saturated carbocycles. The number of hydrogen-bond donors (Lipinski definition) is 0. The molecule has 186 valence electrons. The van der Waals surface area contributed by atoms with Crippen LogP contribution >= 0.6 is 0 Å². The lowest BCUT2D eigenvalue weighted by Gasteiger charge is -2.68. The second-order valence-corrected chi connectivity index (χ2v) is 14.5. The predicted molar refractivity (Wildman–Crippen MR) is 135 cm³/mol. The van der Waals surface area contributed by atoms with Crippen LogP contribution in [0.5, 0.6) is 0 Å². The molecule has 0 amide bonds. The van der Waals surface area contributed by atoms with E-state index in [0.717, 1.165) is 50.5 Å². The van der Waals surface area contributed by atoms with Crippen LogP contribution in [0.15, 0.2) is 23.3 Å². The molecule has 0 aromatic heterocycles. The van der Waals surface area contributed by atoms with Gasteiger partial charge in [-0.2, -0.15) is 10.5 Å². The second-order valence-electron chi connectivity index (χ2n) is 14.5. The van der Waals surface area contributed by atoms with Gasteiger partial charge in [0.1, 0.15) is 6.07 Å². The lowest BCUT2D eigenvalue weighted by Crippen LogP contribution is -2.64. The van der Waals surface area contributed by atoms with Crippen molar-refractivity contribution in [2.45, 2.75) is 93.4 Å². The minimum absolute atomic E-state index is 0.0577. The normalized spacial score (nSPS) is 47.5. The molecule has 0 radical (unpaired) electrons. The highest BCUT2D eigenvalue weighted by molar-refractivity contribution is 6.04. The maximum Gasteiger partial charge on any atom is 0.178 e. The van der Waals surface area contributed by atoms with Crippen molar-refractivity contribution < 1.29 is 9.59 Å². The molecule has 0 bridgehead atoms. The van der Waals surface area contributed by atoms with Gasteiger partial charge in [0.2, 0.25) is 0 Å². The summed E-state index contributed by atoms with van der Waals surface area (Å²) < 4.78 is 0. The Hall–Kier alpha value is -2.20. The SMILES string of the molecule is CC1(C)CC[C@]2(C#N)CC[C@]3(C)[C@H](C(=O)C=C4[C@@]5(C)C=C(C#N)C(=O)C(C)(C)C5CC[C@]43C)[C@H]2C1. The van der Waals surface area contributed by atoms with Gasteiger partial charge < -0.3 is 0 Å². The Bertz CT molecular complexity index is 1180. The van der Waals surface area contributed by atoms with Gasteiger partial charge in [0, 0.05) is 16.7 Å². The van der Waals surface area contributed by atoms with Crippen molar-refractivity contribution in [1.82, 2.24) is 0 Å². The van der Waals surface area contributed by atoms with Crippen LogP contribution in [0.3, 0.4) is 0 Å². The van der Waals surface area contributed by atoms with Crippen molar-refractivity contribution in [3.05, 3.63) is 23.3 Å². The fourth-order valence-electron chi connectivity index (χ4n) is 9.83. The first-order chi connectivity index (χ1) is 16.1. The van der Waals surface area contributed by atoms with E-state index in [1.807, 2.05) is 26.0 Å². The maximum atomic E-state index is 14.2. The van der Waals surface area contributed by atoms with Crippen molar-refractivity contribution in [2.75, 3.05) is 0 Å². The van der Waals surface area contributed by atoms with Crippen LogP contribution in [0.2, 0.25) is 0 Å². The van der Waals surface area contributed by atoms with E-state index < -0.39 is 16.2 Å². The molecule has 0 N–H and O–H groups in total. The highest BCUT2D eigenvalue weighted by Gasteiger charge is 2.69. The van der Waals surface area contributed by atoms with Gasteiger partial charge >= 0.3 is 0 Å². The lowest BCUT2D eigenvalue weighted by atomic mass is 9.34. The van der Waals surface area contributed by atoms with E-state index in [2.05, 4.69) is 46.8 Å². The fraction of sp³-hybridized carbons (Fsp3) is 0.742. The van der Waals surface area contributed by atoms with E-state index in [9.17, 15) is 20.1 Å². The third-order valence-electron chi connectivity index (χ3n) is 12.1. The lowest BCUT2D eigenvalue weighted by molar-refractivity contribution is -0.162. The van der Waals surface area contributed by atoms with Gasteiger partial charge in [0.15, 0.2) is 11.6 Å². The molecule has 0 aliphatic heterocycles. The van der Waals surface area contributed by atoms with Gasteiger partial charge in [-0.25, -0.2) is 0 Å². The summed E-state index contributed by atoms with van der Waals surface area (Å²) in [6.45, 7) is 15.4. The van der Waals surface area contributed by atoms with Gasteiger partial charge in [0.25, 0.3) is 0 Å². The fourth-order valence-corrected chi connectivity index (χ4v) is 9.83. The Morgan fingerprint density at radius 2 is 1.57 bits per heavy atom. The molecule has 35 heavy (non-hydrogen) atoms. The van der Waals surface area contributed by atoms with Crippen LogP contribution in [0, 0.1) is 72.9 Å². The standard InChI is InChI=1S/C31H40N2O2/c1-26(2)10-12-31(18-33)13-11-30(7)24(20(31)16-26)21(34)14-23-28(5)15-19(17-32)25(35)27(3,4)22(28)8-9-29(23,30)6/h14-15,20,22,24H,8-13,16H2,1-7H3/t20-,22?,24+,28+,29-,30-,31-/m1/s1. The van der Waals surface area contributed by atoms with Crippen LogP contribution < -0.4 is 0 Å². The molecule has 5 rings (SSSR count). The molecule has 4 nitrogen and oxygen atoms in total. The topological polar surface area (TPSA) is 81.7 Å². The predicted octanol–water partition coefficient (Wildman–Crippen LogP) is 6.73. The third kappa shape index (κ3) is 2.84. The zero-order chi connectivity index (χ0) is 25.8. The Morgan fingerprint density at radius 3 is 2.20 bits per heavy atom. The summed E-state index contributed by atoms with van der Waals surface area (Å²) in [5.74, 6) is 0.0887. The largest absolute Gasteiger partial charge is 0.295 e. The molecule has 5 aliphatic carbocycles. The number of carbonyl (C=O) groups excluding carboxylic acids is 2. The molecule has 1 unspecified atom stereocenters. The minimum Gasteiger partial charge on any atom is -0.295 e. The Balaban J connectivity index is 1.70. The number of nitrogens with zero attached hydrogens (tertiary/aromatic N) is 2. The molecule has 4 heteroatoms. The van der Waals surface area contributed by atoms with Crippen LogP contribution in [0.25, 0.3) is 0 Å². The van der Waals surface area contributed by atoms with E-state index in [-0.39, 0.29) is 51.1 Å². The number of ketones is 2. The van der Waals surface area contributed by atoms with Gasteiger partial charge in [0.05, 0.1) is 17.1 Å². The van der Waals surface area contributed by atoms with Crippen LogP contribution in [0.1, 0.15) is 93.4 Å². The molecule has 0 saturated heterocycles. The summed E-state index contributed by atoms with van der Waals surface area (Å²) in [4.78, 5) is 27.4. The van der Waals surface area contributed by atoms with E-state index >= 15 is 0 Å². The summed E-state index contributed by atoms with van der Waals surface area (Å²) >= 11 is 0. The van der Waals surface area contributed by atoms with Crippen molar-refractivity contribution in [1.29, 1.82) is 10.5 Å². The van der Waals surface area contributed by atoms with Gasteiger partial charge in [-0.1, -0.05) is 60.1 Å². The average molecular weight is 473 g/mol. The Kier molecular flexibility index (Phi) is 4.88.